The maximum Gasteiger partial charge on any atom is 0.154 e. The Morgan fingerprint density at radius 2 is 2.04 bits per heavy atom. The quantitative estimate of drug-likeness (QED) is 0.693. The zero-order valence-corrected chi connectivity index (χ0v) is 14.9. The van der Waals surface area contributed by atoms with E-state index in [1.165, 1.54) is 5.70 Å². The fourth-order valence-electron chi connectivity index (χ4n) is 2.70. The first kappa shape index (κ1) is 18.0. The summed E-state index contributed by atoms with van der Waals surface area (Å²) in [7, 11) is 0. The molecule has 0 aliphatic carbocycles. The zero-order valence-electron chi connectivity index (χ0n) is 14.9. The molecular weight excluding hydrogens is 296 g/mol. The van der Waals surface area contributed by atoms with Crippen LogP contribution in [-0.4, -0.2) is 48.0 Å². The van der Waals surface area contributed by atoms with Crippen molar-refractivity contribution >= 4 is 12.1 Å². The summed E-state index contributed by atoms with van der Waals surface area (Å²) in [5.41, 5.74) is 2.40. The fourth-order valence-corrected chi connectivity index (χ4v) is 2.70. The van der Waals surface area contributed by atoms with Gasteiger partial charge in [0.1, 0.15) is 0 Å². The Balaban J connectivity index is 2.00. The molecule has 0 radical (unpaired) electrons. The van der Waals surface area contributed by atoms with Crippen molar-refractivity contribution in [1.29, 1.82) is 0 Å². The second-order valence-electron chi connectivity index (χ2n) is 5.84. The van der Waals surface area contributed by atoms with Crippen LogP contribution in [0.2, 0.25) is 0 Å². The van der Waals surface area contributed by atoms with Gasteiger partial charge in [-0.05, 0) is 38.1 Å². The molecule has 0 bridgehead atoms. The van der Waals surface area contributed by atoms with Crippen LogP contribution in [0, 0.1) is 0 Å². The van der Waals surface area contributed by atoms with Gasteiger partial charge in [0.05, 0.1) is 0 Å². The molecule has 1 fully saturated rings. The van der Waals surface area contributed by atoms with E-state index in [0.29, 0.717) is 0 Å². The lowest BCUT2D eigenvalue weighted by Gasteiger charge is -2.36. The number of nitrogens with zero attached hydrogens (tertiary/aromatic N) is 4. The topological polar surface area (TPSA) is 31.2 Å². The van der Waals surface area contributed by atoms with Crippen LogP contribution < -0.4 is 0 Å². The van der Waals surface area contributed by atoms with Gasteiger partial charge < -0.3 is 9.80 Å². The third-order valence-corrected chi connectivity index (χ3v) is 4.14. The number of piperazine rings is 1. The van der Waals surface area contributed by atoms with Crippen LogP contribution in [0.15, 0.2) is 70.6 Å². The lowest BCUT2D eigenvalue weighted by Crippen LogP contribution is -2.43. The first-order valence-corrected chi connectivity index (χ1v) is 8.61. The minimum Gasteiger partial charge on any atom is -0.374 e. The summed E-state index contributed by atoms with van der Waals surface area (Å²) in [5.74, 6) is 0.810. The number of hydrogen-bond donors (Lipinski definition) is 0. The van der Waals surface area contributed by atoms with Crippen LogP contribution in [0.3, 0.4) is 0 Å². The molecule has 4 heteroatoms. The summed E-state index contributed by atoms with van der Waals surface area (Å²) in [6.07, 6.45) is 18.2. The molecule has 0 aromatic carbocycles. The van der Waals surface area contributed by atoms with Gasteiger partial charge in [0.15, 0.2) is 5.84 Å². The van der Waals surface area contributed by atoms with Crippen molar-refractivity contribution in [2.45, 2.75) is 26.7 Å². The molecule has 0 aromatic heterocycles. The summed E-state index contributed by atoms with van der Waals surface area (Å²) in [5, 5.41) is 0. The third-order valence-electron chi connectivity index (χ3n) is 4.14. The molecule has 2 aliphatic rings. The van der Waals surface area contributed by atoms with Crippen LogP contribution >= 0.6 is 0 Å². The van der Waals surface area contributed by atoms with Gasteiger partial charge in [-0.2, -0.15) is 0 Å². The molecule has 0 saturated carbocycles. The summed E-state index contributed by atoms with van der Waals surface area (Å²) in [4.78, 5) is 13.5. The van der Waals surface area contributed by atoms with Crippen LogP contribution in [-0.2, 0) is 0 Å². The average Bonchev–Trinajstić information content (AvgIpc) is 2.90. The highest BCUT2D eigenvalue weighted by Crippen LogP contribution is 2.13. The van der Waals surface area contributed by atoms with E-state index in [4.69, 9.17) is 0 Å². The van der Waals surface area contributed by atoms with Gasteiger partial charge in [0, 0.05) is 50.7 Å². The van der Waals surface area contributed by atoms with Gasteiger partial charge >= 0.3 is 0 Å². The van der Waals surface area contributed by atoms with Crippen molar-refractivity contribution in [1.82, 2.24) is 9.80 Å². The first-order valence-electron chi connectivity index (χ1n) is 8.61. The van der Waals surface area contributed by atoms with Gasteiger partial charge in [-0.25, -0.2) is 9.98 Å². The summed E-state index contributed by atoms with van der Waals surface area (Å²) in [6, 6.07) is 0. The van der Waals surface area contributed by atoms with E-state index in [9.17, 15) is 0 Å². The third kappa shape index (κ3) is 5.37. The molecule has 0 amide bonds. The normalized spacial score (nSPS) is 19.7. The van der Waals surface area contributed by atoms with Crippen molar-refractivity contribution in [3.8, 4) is 0 Å². The lowest BCUT2D eigenvalue weighted by atomic mass is 10.2. The van der Waals surface area contributed by atoms with Crippen molar-refractivity contribution in [2.75, 3.05) is 26.2 Å². The van der Waals surface area contributed by atoms with E-state index >= 15 is 0 Å². The van der Waals surface area contributed by atoms with E-state index in [0.717, 1.165) is 50.4 Å². The molecule has 4 nitrogen and oxygen atoms in total. The van der Waals surface area contributed by atoms with E-state index < -0.39 is 0 Å². The number of hydrogen-bond acceptors (Lipinski definition) is 4. The predicted molar refractivity (Wildman–Crippen MR) is 104 cm³/mol. The van der Waals surface area contributed by atoms with Crippen molar-refractivity contribution < 1.29 is 0 Å². The minimum absolute atomic E-state index is 0.810. The Hall–Kier alpha value is -2.36. The molecule has 2 aliphatic heterocycles. The second kappa shape index (κ2) is 9.71. The van der Waals surface area contributed by atoms with E-state index in [2.05, 4.69) is 64.5 Å². The lowest BCUT2D eigenvalue weighted by molar-refractivity contribution is 0.209. The molecule has 2 heterocycles. The minimum atomic E-state index is 0.810. The zero-order chi connectivity index (χ0) is 17.2. The molecule has 0 spiro atoms. The van der Waals surface area contributed by atoms with Gasteiger partial charge in [0.2, 0.25) is 0 Å². The number of aliphatic imine (C=N–C) groups is 2. The van der Waals surface area contributed by atoms with Crippen LogP contribution in [0.5, 0.6) is 0 Å². The first-order chi connectivity index (χ1) is 11.7. The van der Waals surface area contributed by atoms with Crippen LogP contribution in [0.1, 0.15) is 26.7 Å². The van der Waals surface area contributed by atoms with Gasteiger partial charge in [0.25, 0.3) is 0 Å². The molecule has 24 heavy (non-hydrogen) atoms. The Labute approximate surface area is 146 Å². The van der Waals surface area contributed by atoms with Crippen molar-refractivity contribution in [3.05, 3.63) is 60.6 Å². The van der Waals surface area contributed by atoms with E-state index in [1.807, 2.05) is 24.7 Å². The average molecular weight is 324 g/mol. The van der Waals surface area contributed by atoms with Gasteiger partial charge in [-0.15, -0.1) is 0 Å². The molecule has 128 valence electrons. The molecule has 1 saturated heterocycles. The number of amidine groups is 1. The molecule has 0 aromatic rings. The molecule has 2 rings (SSSR count). The Morgan fingerprint density at radius 1 is 1.25 bits per heavy atom. The van der Waals surface area contributed by atoms with Gasteiger partial charge in [-0.3, -0.25) is 0 Å². The SMILES string of the molecule is C=CN1CCN(C(=CC/C=C(\C)C2=NC=CCC=N2)/C=C\C)CC1. The highest BCUT2D eigenvalue weighted by Gasteiger charge is 2.14. The number of rotatable bonds is 6. The standard InChI is InChI=1S/C20H28N4/c1-4-9-19(24-16-14-23(5-2)15-17-24)11-8-10-18(3)20-21-12-6-7-13-22-20/h4-6,9-13H,2,7-8,14-17H2,1,3H3/b9-4-,18-10+,19-11?. The Bertz CT molecular complexity index is 597. The van der Waals surface area contributed by atoms with Crippen molar-refractivity contribution in [3.63, 3.8) is 0 Å². The molecule has 0 unspecified atom stereocenters. The smallest absolute Gasteiger partial charge is 0.154 e. The fraction of sp³-hybridized carbons (Fsp3) is 0.400. The monoisotopic (exact) mass is 324 g/mol. The summed E-state index contributed by atoms with van der Waals surface area (Å²) in [6.45, 7) is 12.1. The van der Waals surface area contributed by atoms with Gasteiger partial charge in [-0.1, -0.05) is 30.9 Å². The Kier molecular flexibility index (Phi) is 7.27. The van der Waals surface area contributed by atoms with Crippen molar-refractivity contribution in [2.24, 2.45) is 9.98 Å². The molecule has 0 atom stereocenters. The Morgan fingerprint density at radius 3 is 2.75 bits per heavy atom. The van der Waals surface area contributed by atoms with Crippen LogP contribution in [0.25, 0.3) is 0 Å². The molecular formula is C20H28N4. The summed E-state index contributed by atoms with van der Waals surface area (Å²) >= 11 is 0. The van der Waals surface area contributed by atoms with E-state index in [1.54, 1.807) is 0 Å². The molecule has 0 N–H and O–H groups in total. The second-order valence-corrected chi connectivity index (χ2v) is 5.84. The van der Waals surface area contributed by atoms with E-state index in [-0.39, 0.29) is 0 Å². The largest absolute Gasteiger partial charge is 0.374 e. The predicted octanol–water partition coefficient (Wildman–Crippen LogP) is 3.93. The summed E-state index contributed by atoms with van der Waals surface area (Å²) < 4.78 is 0. The van der Waals surface area contributed by atoms with Crippen LogP contribution in [0.4, 0.5) is 0 Å². The highest BCUT2D eigenvalue weighted by atomic mass is 15.3. The maximum atomic E-state index is 4.40. The highest BCUT2D eigenvalue weighted by molar-refractivity contribution is 6.03. The number of allylic oxidation sites excluding steroid dienone is 5. The maximum absolute atomic E-state index is 4.40.